The van der Waals surface area contributed by atoms with Crippen molar-refractivity contribution in [3.8, 4) is 5.75 Å². The van der Waals surface area contributed by atoms with E-state index in [2.05, 4.69) is 10.6 Å². The Labute approximate surface area is 118 Å². The summed E-state index contributed by atoms with van der Waals surface area (Å²) in [6.07, 6.45) is 0.789. The number of aliphatic carboxylic acids is 1. The molecule has 0 radical (unpaired) electrons. The third-order valence-electron chi connectivity index (χ3n) is 2.82. The zero-order valence-electron chi connectivity index (χ0n) is 11.9. The normalized spacial score (nSPS) is 10.8. The minimum atomic E-state index is -1.07. The van der Waals surface area contributed by atoms with Gasteiger partial charge in [-0.1, -0.05) is 19.1 Å². The molecule has 6 nitrogen and oxygen atoms in total. The van der Waals surface area contributed by atoms with E-state index in [4.69, 9.17) is 9.84 Å². The first kappa shape index (κ1) is 15.8. The van der Waals surface area contributed by atoms with Crippen LogP contribution in [0.5, 0.6) is 5.75 Å². The maximum atomic E-state index is 11.9. The van der Waals surface area contributed by atoms with Gasteiger partial charge in [0, 0.05) is 5.54 Å². The van der Waals surface area contributed by atoms with Crippen molar-refractivity contribution in [2.75, 3.05) is 11.9 Å². The minimum absolute atomic E-state index is 0.319. The predicted octanol–water partition coefficient (Wildman–Crippen LogP) is 2.46. The van der Waals surface area contributed by atoms with Gasteiger partial charge < -0.3 is 20.5 Å². The van der Waals surface area contributed by atoms with E-state index in [1.54, 1.807) is 24.3 Å². The fourth-order valence-electron chi connectivity index (χ4n) is 1.38. The molecule has 0 spiro atoms. The lowest BCUT2D eigenvalue weighted by Crippen LogP contribution is -2.45. The van der Waals surface area contributed by atoms with E-state index >= 15 is 0 Å². The summed E-state index contributed by atoms with van der Waals surface area (Å²) in [5.41, 5.74) is 0.110. The van der Waals surface area contributed by atoms with Crippen LogP contribution in [0, 0.1) is 0 Å². The molecule has 0 aliphatic carbocycles. The number of carbonyl (C=O) groups excluding carboxylic acids is 1. The zero-order valence-corrected chi connectivity index (χ0v) is 11.9. The number of anilines is 1. The van der Waals surface area contributed by atoms with Crippen LogP contribution in [0.2, 0.25) is 0 Å². The van der Waals surface area contributed by atoms with Crippen molar-refractivity contribution in [3.63, 3.8) is 0 Å². The van der Waals surface area contributed by atoms with Gasteiger partial charge in [0.05, 0.1) is 5.69 Å². The van der Waals surface area contributed by atoms with E-state index in [9.17, 15) is 9.59 Å². The number of benzene rings is 1. The summed E-state index contributed by atoms with van der Waals surface area (Å²) < 4.78 is 5.11. The molecule has 0 saturated carbocycles. The Morgan fingerprint density at radius 1 is 1.30 bits per heavy atom. The van der Waals surface area contributed by atoms with Gasteiger partial charge in [-0.2, -0.15) is 0 Å². The maximum Gasteiger partial charge on any atom is 0.341 e. The Hall–Kier alpha value is -2.24. The summed E-state index contributed by atoms with van der Waals surface area (Å²) in [5.74, 6) is -0.754. The standard InChI is InChI=1S/C14H20N2O4/c1-4-14(2,3)16-13(19)15-10-7-5-6-8-11(10)20-9-12(17)18/h5-8H,4,9H2,1-3H3,(H,17,18)(H2,15,16,19). The summed E-state index contributed by atoms with van der Waals surface area (Å²) in [4.78, 5) is 22.4. The van der Waals surface area contributed by atoms with Gasteiger partial charge in [0.2, 0.25) is 0 Å². The Morgan fingerprint density at radius 3 is 2.55 bits per heavy atom. The molecule has 0 aliphatic heterocycles. The quantitative estimate of drug-likeness (QED) is 0.747. The van der Waals surface area contributed by atoms with E-state index in [0.717, 1.165) is 6.42 Å². The van der Waals surface area contributed by atoms with Crippen LogP contribution < -0.4 is 15.4 Å². The minimum Gasteiger partial charge on any atom is -0.480 e. The second-order valence-electron chi connectivity index (χ2n) is 5.00. The SMILES string of the molecule is CCC(C)(C)NC(=O)Nc1ccccc1OCC(=O)O. The molecule has 0 saturated heterocycles. The molecule has 0 bridgehead atoms. The molecule has 1 aromatic rings. The highest BCUT2D eigenvalue weighted by atomic mass is 16.5. The van der Waals surface area contributed by atoms with E-state index in [1.807, 2.05) is 20.8 Å². The van der Waals surface area contributed by atoms with Crippen molar-refractivity contribution in [1.82, 2.24) is 5.32 Å². The molecule has 2 amide bonds. The Kier molecular flexibility index (Phi) is 5.37. The monoisotopic (exact) mass is 280 g/mol. The van der Waals surface area contributed by atoms with Crippen molar-refractivity contribution in [1.29, 1.82) is 0 Å². The number of ether oxygens (including phenoxy) is 1. The lowest BCUT2D eigenvalue weighted by Gasteiger charge is -2.24. The summed E-state index contributed by atoms with van der Waals surface area (Å²) in [5, 5.41) is 14.1. The van der Waals surface area contributed by atoms with Gasteiger partial charge in [0.1, 0.15) is 5.75 Å². The third kappa shape index (κ3) is 5.17. The first-order valence-electron chi connectivity index (χ1n) is 6.37. The Morgan fingerprint density at radius 2 is 1.95 bits per heavy atom. The maximum absolute atomic E-state index is 11.9. The summed E-state index contributed by atoms with van der Waals surface area (Å²) >= 11 is 0. The van der Waals surface area contributed by atoms with Gasteiger partial charge in [-0.3, -0.25) is 0 Å². The number of amides is 2. The lowest BCUT2D eigenvalue weighted by atomic mass is 10.0. The highest BCUT2D eigenvalue weighted by Gasteiger charge is 2.18. The molecule has 0 aromatic heterocycles. The van der Waals surface area contributed by atoms with Gasteiger partial charge in [0.25, 0.3) is 0 Å². The average Bonchev–Trinajstić information content (AvgIpc) is 2.37. The molecule has 0 unspecified atom stereocenters. The van der Waals surface area contributed by atoms with Crippen molar-refractivity contribution in [2.45, 2.75) is 32.7 Å². The molecular weight excluding hydrogens is 260 g/mol. The second kappa shape index (κ2) is 6.79. The van der Waals surface area contributed by atoms with Crippen LogP contribution >= 0.6 is 0 Å². The zero-order chi connectivity index (χ0) is 15.2. The van der Waals surface area contributed by atoms with Crippen LogP contribution in [0.3, 0.4) is 0 Å². The molecule has 3 N–H and O–H groups in total. The summed E-state index contributed by atoms with van der Waals surface area (Å²) in [7, 11) is 0. The highest BCUT2D eigenvalue weighted by Crippen LogP contribution is 2.23. The van der Waals surface area contributed by atoms with Crippen molar-refractivity contribution in [3.05, 3.63) is 24.3 Å². The number of hydrogen-bond donors (Lipinski definition) is 3. The van der Waals surface area contributed by atoms with E-state index in [0.29, 0.717) is 11.4 Å². The smallest absolute Gasteiger partial charge is 0.341 e. The first-order valence-corrected chi connectivity index (χ1v) is 6.37. The van der Waals surface area contributed by atoms with Crippen molar-refractivity contribution < 1.29 is 19.4 Å². The fraction of sp³-hybridized carbons (Fsp3) is 0.429. The van der Waals surface area contributed by atoms with Crippen LogP contribution in [-0.4, -0.2) is 29.3 Å². The molecule has 0 aliphatic rings. The lowest BCUT2D eigenvalue weighted by molar-refractivity contribution is -0.139. The Balaban J connectivity index is 2.72. The fourth-order valence-corrected chi connectivity index (χ4v) is 1.38. The molecular formula is C14H20N2O4. The van der Waals surface area contributed by atoms with Crippen LogP contribution in [0.25, 0.3) is 0 Å². The van der Waals surface area contributed by atoms with Gasteiger partial charge in [-0.15, -0.1) is 0 Å². The van der Waals surface area contributed by atoms with E-state index < -0.39 is 12.6 Å². The first-order chi connectivity index (χ1) is 9.34. The van der Waals surface area contributed by atoms with Crippen LogP contribution in [0.15, 0.2) is 24.3 Å². The molecule has 0 heterocycles. The number of carboxylic acids is 1. The predicted molar refractivity (Wildman–Crippen MR) is 76.1 cm³/mol. The highest BCUT2D eigenvalue weighted by molar-refractivity contribution is 5.91. The van der Waals surface area contributed by atoms with E-state index in [1.165, 1.54) is 0 Å². The molecule has 6 heteroatoms. The summed E-state index contributed by atoms with van der Waals surface area (Å²) in [6.45, 7) is 5.35. The number of carbonyl (C=O) groups is 2. The van der Waals surface area contributed by atoms with Gasteiger partial charge >= 0.3 is 12.0 Å². The third-order valence-corrected chi connectivity index (χ3v) is 2.82. The average molecular weight is 280 g/mol. The summed E-state index contributed by atoms with van der Waals surface area (Å²) in [6, 6.07) is 6.33. The molecule has 110 valence electrons. The number of hydrogen-bond acceptors (Lipinski definition) is 3. The number of rotatable bonds is 6. The number of urea groups is 1. The van der Waals surface area contributed by atoms with Crippen LogP contribution in [0.1, 0.15) is 27.2 Å². The van der Waals surface area contributed by atoms with Crippen molar-refractivity contribution in [2.24, 2.45) is 0 Å². The topological polar surface area (TPSA) is 87.7 Å². The molecule has 0 atom stereocenters. The van der Waals surface area contributed by atoms with Crippen LogP contribution in [0.4, 0.5) is 10.5 Å². The molecule has 1 rings (SSSR count). The van der Waals surface area contributed by atoms with Gasteiger partial charge in [-0.05, 0) is 32.4 Å². The van der Waals surface area contributed by atoms with Gasteiger partial charge in [0.15, 0.2) is 6.61 Å². The Bertz CT molecular complexity index is 486. The van der Waals surface area contributed by atoms with Crippen molar-refractivity contribution >= 4 is 17.7 Å². The van der Waals surface area contributed by atoms with Crippen LogP contribution in [-0.2, 0) is 4.79 Å². The van der Waals surface area contributed by atoms with Gasteiger partial charge in [-0.25, -0.2) is 9.59 Å². The van der Waals surface area contributed by atoms with E-state index in [-0.39, 0.29) is 11.6 Å². The number of carboxylic acid groups (broad SMARTS) is 1. The molecule has 20 heavy (non-hydrogen) atoms. The second-order valence-corrected chi connectivity index (χ2v) is 5.00. The largest absolute Gasteiger partial charge is 0.480 e. The molecule has 1 aromatic carbocycles. The number of para-hydroxylation sites is 2. The molecule has 0 fully saturated rings. The number of nitrogens with one attached hydrogen (secondary N) is 2.